The van der Waals surface area contributed by atoms with Gasteiger partial charge in [0, 0.05) is 43.3 Å². The fraction of sp³-hybridized carbons (Fsp3) is 0.250. The number of carbonyl (C=O) groups excluding carboxylic acids is 1. The van der Waals surface area contributed by atoms with E-state index in [1.165, 1.54) is 9.71 Å². The molecule has 0 radical (unpaired) electrons. The molecule has 6 nitrogen and oxygen atoms in total. The Morgan fingerprint density at radius 1 is 1.00 bits per heavy atom. The molecule has 0 saturated carbocycles. The monoisotopic (exact) mass is 421 g/mol. The molecule has 2 aromatic carbocycles. The highest BCUT2D eigenvalue weighted by Crippen LogP contribution is 2.14. The number of halogens is 2. The fourth-order valence-electron chi connectivity index (χ4n) is 2.99. The lowest BCUT2D eigenvalue weighted by Gasteiger charge is -2.32. The lowest BCUT2D eigenvalue weighted by molar-refractivity contribution is -0.117. The molecule has 1 heterocycles. The smallest absolute Gasteiger partial charge is 0.238 e. The molecule has 2 aromatic rings. The normalized spacial score (nSPS) is 16.2. The molecule has 0 unspecified atom stereocenters. The number of piperazine rings is 1. The van der Waals surface area contributed by atoms with Gasteiger partial charge in [-0.25, -0.2) is 17.2 Å². The van der Waals surface area contributed by atoms with Crippen molar-refractivity contribution in [3.8, 4) is 0 Å². The molecule has 0 atom stereocenters. The van der Waals surface area contributed by atoms with Crippen molar-refractivity contribution < 1.29 is 22.0 Å². The van der Waals surface area contributed by atoms with Crippen molar-refractivity contribution in [3.63, 3.8) is 0 Å². The summed E-state index contributed by atoms with van der Waals surface area (Å²) >= 11 is 0. The number of hydrogen-bond donors (Lipinski definition) is 1. The lowest BCUT2D eigenvalue weighted by atomic mass is 10.2. The van der Waals surface area contributed by atoms with Crippen molar-refractivity contribution in [2.24, 2.45) is 0 Å². The van der Waals surface area contributed by atoms with Gasteiger partial charge in [0.05, 0.1) is 6.54 Å². The average molecular weight is 421 g/mol. The molecule has 3 rings (SSSR count). The molecule has 1 aliphatic heterocycles. The van der Waals surface area contributed by atoms with Crippen molar-refractivity contribution in [2.45, 2.75) is 0 Å². The highest BCUT2D eigenvalue weighted by atomic mass is 32.2. The third kappa shape index (κ3) is 6.18. The van der Waals surface area contributed by atoms with Gasteiger partial charge in [-0.15, -0.1) is 0 Å². The molecule has 154 valence electrons. The van der Waals surface area contributed by atoms with Gasteiger partial charge >= 0.3 is 0 Å². The van der Waals surface area contributed by atoms with Gasteiger partial charge in [0.1, 0.15) is 11.6 Å². The Balaban J connectivity index is 1.50. The number of nitrogens with zero attached hydrogens (tertiary/aromatic N) is 2. The molecule has 1 N–H and O–H groups in total. The van der Waals surface area contributed by atoms with Gasteiger partial charge in [0.2, 0.25) is 15.9 Å². The molecule has 9 heteroatoms. The Kier molecular flexibility index (Phi) is 6.73. The number of rotatable bonds is 6. The van der Waals surface area contributed by atoms with E-state index in [-0.39, 0.29) is 25.3 Å². The quantitative estimate of drug-likeness (QED) is 0.778. The van der Waals surface area contributed by atoms with Crippen molar-refractivity contribution in [3.05, 3.63) is 71.1 Å². The Hall–Kier alpha value is -2.62. The Bertz CT molecular complexity index is 969. The molecule has 0 bridgehead atoms. The molecule has 0 aromatic heterocycles. The molecular weight excluding hydrogens is 400 g/mol. The van der Waals surface area contributed by atoms with E-state index in [0.717, 1.165) is 23.8 Å². The molecule has 29 heavy (non-hydrogen) atoms. The van der Waals surface area contributed by atoms with Crippen molar-refractivity contribution in [1.29, 1.82) is 0 Å². The van der Waals surface area contributed by atoms with Gasteiger partial charge in [0.25, 0.3) is 0 Å². The van der Waals surface area contributed by atoms with Crippen LogP contribution in [0.25, 0.3) is 6.08 Å². The highest BCUT2D eigenvalue weighted by molar-refractivity contribution is 7.92. The molecule has 0 aliphatic carbocycles. The van der Waals surface area contributed by atoms with Crippen LogP contribution in [0.3, 0.4) is 0 Å². The van der Waals surface area contributed by atoms with Crippen LogP contribution in [0.2, 0.25) is 0 Å². The zero-order valence-corrected chi connectivity index (χ0v) is 16.4. The van der Waals surface area contributed by atoms with Crippen LogP contribution in [0.5, 0.6) is 0 Å². The second-order valence-corrected chi connectivity index (χ2v) is 8.46. The van der Waals surface area contributed by atoms with Gasteiger partial charge in [-0.3, -0.25) is 9.69 Å². The van der Waals surface area contributed by atoms with Crippen LogP contribution >= 0.6 is 0 Å². The first-order valence-corrected chi connectivity index (χ1v) is 10.5. The van der Waals surface area contributed by atoms with Crippen LogP contribution in [0, 0.1) is 11.6 Å². The van der Waals surface area contributed by atoms with Crippen LogP contribution in [-0.2, 0) is 14.8 Å². The molecule has 0 spiro atoms. The van der Waals surface area contributed by atoms with Gasteiger partial charge in [-0.05, 0) is 23.8 Å². The number of sulfonamides is 1. The third-order valence-electron chi connectivity index (χ3n) is 4.44. The first kappa shape index (κ1) is 21.1. The van der Waals surface area contributed by atoms with Crippen LogP contribution in [0.4, 0.5) is 14.5 Å². The van der Waals surface area contributed by atoms with Crippen molar-refractivity contribution in [2.75, 3.05) is 38.0 Å². The predicted octanol–water partition coefficient (Wildman–Crippen LogP) is 2.52. The lowest BCUT2D eigenvalue weighted by Crippen LogP contribution is -2.49. The van der Waals surface area contributed by atoms with Crippen LogP contribution in [-0.4, -0.2) is 56.3 Å². The van der Waals surface area contributed by atoms with E-state index in [0.29, 0.717) is 13.1 Å². The zero-order chi connectivity index (χ0) is 20.9. The Morgan fingerprint density at radius 3 is 2.24 bits per heavy atom. The largest absolute Gasteiger partial charge is 0.325 e. The Labute approximate surface area is 168 Å². The summed E-state index contributed by atoms with van der Waals surface area (Å²) in [6.45, 7) is 1.27. The van der Waals surface area contributed by atoms with Gasteiger partial charge in [-0.1, -0.05) is 30.3 Å². The summed E-state index contributed by atoms with van der Waals surface area (Å²) in [4.78, 5) is 13.9. The minimum atomic E-state index is -3.55. The van der Waals surface area contributed by atoms with Crippen molar-refractivity contribution >= 4 is 27.7 Å². The van der Waals surface area contributed by atoms with Crippen LogP contribution in [0.1, 0.15) is 5.56 Å². The summed E-state index contributed by atoms with van der Waals surface area (Å²) in [5, 5.41) is 3.63. The second kappa shape index (κ2) is 9.25. The third-order valence-corrected chi connectivity index (χ3v) is 6.00. The number of benzene rings is 2. The number of amides is 1. The van der Waals surface area contributed by atoms with Gasteiger partial charge < -0.3 is 5.32 Å². The summed E-state index contributed by atoms with van der Waals surface area (Å²) in [5.41, 5.74) is 0.833. The van der Waals surface area contributed by atoms with E-state index < -0.39 is 27.6 Å². The zero-order valence-electron chi connectivity index (χ0n) is 15.6. The average Bonchev–Trinajstić information content (AvgIpc) is 2.67. The summed E-state index contributed by atoms with van der Waals surface area (Å²) in [7, 11) is -3.55. The summed E-state index contributed by atoms with van der Waals surface area (Å²) < 4.78 is 52.7. The maximum atomic E-state index is 13.2. The van der Waals surface area contributed by atoms with E-state index in [9.17, 15) is 22.0 Å². The van der Waals surface area contributed by atoms with E-state index >= 15 is 0 Å². The summed E-state index contributed by atoms with van der Waals surface area (Å²) in [6.07, 6.45) is 1.55. The standard InChI is InChI=1S/C20H21F2N3O3S/c21-17-12-18(22)14-19(13-17)23-20(26)15-24-7-9-25(10-8-24)29(27,28)11-6-16-4-2-1-3-5-16/h1-6,11-14H,7-10,15H2,(H,23,26)/b11-6+. The first-order chi connectivity index (χ1) is 13.8. The minimum absolute atomic E-state index is 0.00583. The number of hydrogen-bond acceptors (Lipinski definition) is 4. The maximum absolute atomic E-state index is 13.2. The number of anilines is 1. The molecule has 1 aliphatic rings. The number of carbonyl (C=O) groups is 1. The molecule has 1 saturated heterocycles. The summed E-state index contributed by atoms with van der Waals surface area (Å²) in [5.74, 6) is -1.97. The topological polar surface area (TPSA) is 69.7 Å². The molecule has 1 amide bonds. The van der Waals surface area contributed by atoms with Gasteiger partial charge in [-0.2, -0.15) is 4.31 Å². The highest BCUT2D eigenvalue weighted by Gasteiger charge is 2.26. The van der Waals surface area contributed by atoms with E-state index in [4.69, 9.17) is 0 Å². The Morgan fingerprint density at radius 2 is 1.62 bits per heavy atom. The minimum Gasteiger partial charge on any atom is -0.325 e. The molecular formula is C20H21F2N3O3S. The second-order valence-electron chi connectivity index (χ2n) is 6.64. The number of nitrogens with one attached hydrogen (secondary N) is 1. The van der Waals surface area contributed by atoms with Crippen LogP contribution < -0.4 is 5.32 Å². The molecule has 1 fully saturated rings. The first-order valence-electron chi connectivity index (χ1n) is 9.03. The van der Waals surface area contributed by atoms with Gasteiger partial charge in [0.15, 0.2) is 0 Å². The van der Waals surface area contributed by atoms with Crippen molar-refractivity contribution in [1.82, 2.24) is 9.21 Å². The SMILES string of the molecule is O=C(CN1CCN(S(=O)(=O)/C=C/c2ccccc2)CC1)Nc1cc(F)cc(F)c1. The van der Waals surface area contributed by atoms with E-state index in [1.54, 1.807) is 11.0 Å². The fourth-order valence-corrected chi connectivity index (χ4v) is 4.16. The van der Waals surface area contributed by atoms with Crippen LogP contribution in [0.15, 0.2) is 53.9 Å². The van der Waals surface area contributed by atoms with E-state index in [1.807, 2.05) is 30.3 Å². The summed E-state index contributed by atoms with van der Waals surface area (Å²) in [6, 6.07) is 11.9. The predicted molar refractivity (Wildman–Crippen MR) is 107 cm³/mol. The maximum Gasteiger partial charge on any atom is 0.238 e. The van der Waals surface area contributed by atoms with E-state index in [2.05, 4.69) is 5.32 Å².